The van der Waals surface area contributed by atoms with Crippen LogP contribution in [0.5, 0.6) is 0 Å². The number of rotatable bonds is 4. The number of benzene rings is 1. The van der Waals surface area contributed by atoms with Gasteiger partial charge in [-0.05, 0) is 30.9 Å². The molecule has 1 aromatic carbocycles. The number of fused-ring (bicyclic) bond motifs is 1. The molecule has 1 N–H and O–H groups in total. The van der Waals surface area contributed by atoms with Crippen molar-refractivity contribution in [2.45, 2.75) is 45.6 Å². The van der Waals surface area contributed by atoms with E-state index < -0.39 is 0 Å². The van der Waals surface area contributed by atoms with Crippen molar-refractivity contribution in [2.24, 2.45) is 5.92 Å². The summed E-state index contributed by atoms with van der Waals surface area (Å²) in [4.78, 5) is 14.7. The molecule has 3 heteroatoms. The summed E-state index contributed by atoms with van der Waals surface area (Å²) in [5, 5.41) is 3.46. The van der Waals surface area contributed by atoms with Crippen LogP contribution < -0.4 is 5.32 Å². The molecule has 2 rings (SSSR count). The van der Waals surface area contributed by atoms with E-state index in [0.29, 0.717) is 12.0 Å². The van der Waals surface area contributed by atoms with Crippen molar-refractivity contribution in [1.29, 1.82) is 0 Å². The largest absolute Gasteiger partial charge is 0.382 e. The predicted molar refractivity (Wildman–Crippen MR) is 84.0 cm³/mol. The first kappa shape index (κ1) is 14.9. The first-order valence-electron chi connectivity index (χ1n) is 7.63. The molecule has 0 radical (unpaired) electrons. The van der Waals surface area contributed by atoms with Gasteiger partial charge < -0.3 is 10.2 Å². The van der Waals surface area contributed by atoms with Crippen molar-refractivity contribution in [2.75, 3.05) is 18.9 Å². The number of para-hydroxylation sites is 1. The van der Waals surface area contributed by atoms with Crippen LogP contribution in [0.2, 0.25) is 0 Å². The Morgan fingerprint density at radius 3 is 2.85 bits per heavy atom. The van der Waals surface area contributed by atoms with Gasteiger partial charge in [0, 0.05) is 25.3 Å². The average molecular weight is 274 g/mol. The van der Waals surface area contributed by atoms with Crippen molar-refractivity contribution in [3.05, 3.63) is 29.8 Å². The number of anilines is 1. The summed E-state index contributed by atoms with van der Waals surface area (Å²) < 4.78 is 0. The van der Waals surface area contributed by atoms with Gasteiger partial charge in [-0.2, -0.15) is 0 Å². The first-order valence-corrected chi connectivity index (χ1v) is 7.63. The number of hydrogen-bond acceptors (Lipinski definition) is 2. The number of amides is 1. The second kappa shape index (κ2) is 6.29. The van der Waals surface area contributed by atoms with Gasteiger partial charge in [-0.25, -0.2) is 0 Å². The Balaban J connectivity index is 2.17. The number of likely N-dealkylation sites (N-methyl/N-ethyl adjacent to an activating group) is 1. The van der Waals surface area contributed by atoms with E-state index in [1.165, 1.54) is 0 Å². The van der Waals surface area contributed by atoms with Crippen molar-refractivity contribution in [3.8, 4) is 0 Å². The van der Waals surface area contributed by atoms with E-state index >= 15 is 0 Å². The zero-order chi connectivity index (χ0) is 14.7. The highest BCUT2D eigenvalue weighted by molar-refractivity contribution is 5.86. The number of carbonyl (C=O) groups excluding carboxylic acids is 1. The highest BCUT2D eigenvalue weighted by Crippen LogP contribution is 2.35. The smallest absolute Gasteiger partial charge is 0.230 e. The maximum Gasteiger partial charge on any atom is 0.230 e. The van der Waals surface area contributed by atoms with Crippen molar-refractivity contribution >= 4 is 11.6 Å². The van der Waals surface area contributed by atoms with E-state index in [1.807, 2.05) is 24.1 Å². The standard InChI is InChI=1S/C17H26N2O/c1-5-12(2)11-19(4)17(20)15-10-13(3)18-16-9-7-6-8-14(15)16/h6-9,12-13,15,18H,5,10-11H2,1-4H3. The Hall–Kier alpha value is -1.51. The molecule has 1 aromatic rings. The Morgan fingerprint density at radius 2 is 2.15 bits per heavy atom. The van der Waals surface area contributed by atoms with Crippen LogP contribution in [0.1, 0.15) is 45.1 Å². The van der Waals surface area contributed by atoms with Crippen LogP contribution in [-0.2, 0) is 4.79 Å². The normalized spacial score (nSPS) is 22.6. The monoisotopic (exact) mass is 274 g/mol. The molecule has 1 amide bonds. The molecular formula is C17H26N2O. The zero-order valence-corrected chi connectivity index (χ0v) is 13.0. The third-order valence-corrected chi connectivity index (χ3v) is 4.28. The van der Waals surface area contributed by atoms with Crippen molar-refractivity contribution in [1.82, 2.24) is 4.90 Å². The van der Waals surface area contributed by atoms with Crippen LogP contribution in [0.4, 0.5) is 5.69 Å². The van der Waals surface area contributed by atoms with Gasteiger partial charge in [0.1, 0.15) is 0 Å². The topological polar surface area (TPSA) is 32.3 Å². The SMILES string of the molecule is CCC(C)CN(C)C(=O)C1CC(C)Nc2ccccc21. The third kappa shape index (κ3) is 3.14. The summed E-state index contributed by atoms with van der Waals surface area (Å²) >= 11 is 0. The fourth-order valence-electron chi connectivity index (χ4n) is 2.92. The van der Waals surface area contributed by atoms with Crippen molar-refractivity contribution < 1.29 is 4.79 Å². The van der Waals surface area contributed by atoms with Crippen LogP contribution in [0.25, 0.3) is 0 Å². The van der Waals surface area contributed by atoms with E-state index in [2.05, 4.69) is 38.2 Å². The van der Waals surface area contributed by atoms with Gasteiger partial charge in [0.15, 0.2) is 0 Å². The third-order valence-electron chi connectivity index (χ3n) is 4.28. The number of carbonyl (C=O) groups is 1. The van der Waals surface area contributed by atoms with Gasteiger partial charge in [-0.1, -0.05) is 38.5 Å². The highest BCUT2D eigenvalue weighted by Gasteiger charge is 2.31. The molecule has 3 nitrogen and oxygen atoms in total. The van der Waals surface area contributed by atoms with E-state index in [1.54, 1.807) is 0 Å². The lowest BCUT2D eigenvalue weighted by Crippen LogP contribution is -2.38. The molecule has 0 saturated heterocycles. The molecule has 0 fully saturated rings. The molecule has 0 bridgehead atoms. The summed E-state index contributed by atoms with van der Waals surface area (Å²) in [6, 6.07) is 8.53. The van der Waals surface area contributed by atoms with E-state index in [9.17, 15) is 4.79 Å². The lowest BCUT2D eigenvalue weighted by atomic mass is 9.86. The molecule has 0 spiro atoms. The molecule has 0 saturated carbocycles. The quantitative estimate of drug-likeness (QED) is 0.911. The Labute approximate surface area is 122 Å². The lowest BCUT2D eigenvalue weighted by Gasteiger charge is -2.33. The van der Waals surface area contributed by atoms with Crippen molar-refractivity contribution in [3.63, 3.8) is 0 Å². The molecule has 110 valence electrons. The number of hydrogen-bond donors (Lipinski definition) is 1. The molecule has 1 aliphatic rings. The van der Waals surface area contributed by atoms with Crippen LogP contribution >= 0.6 is 0 Å². The fourth-order valence-corrected chi connectivity index (χ4v) is 2.92. The Kier molecular flexibility index (Phi) is 4.69. The molecular weight excluding hydrogens is 248 g/mol. The van der Waals surface area contributed by atoms with Gasteiger partial charge in [-0.3, -0.25) is 4.79 Å². The van der Waals surface area contributed by atoms with Gasteiger partial charge in [0.25, 0.3) is 0 Å². The summed E-state index contributed by atoms with van der Waals surface area (Å²) in [6.07, 6.45) is 1.98. The molecule has 1 aliphatic heterocycles. The maximum absolute atomic E-state index is 12.8. The average Bonchev–Trinajstić information content (AvgIpc) is 2.45. The van der Waals surface area contributed by atoms with E-state index in [4.69, 9.17) is 0 Å². The Bertz CT molecular complexity index is 472. The predicted octanol–water partition coefficient (Wildman–Crippen LogP) is 3.48. The molecule has 3 atom stereocenters. The van der Waals surface area contributed by atoms with Crippen LogP contribution in [0.3, 0.4) is 0 Å². The molecule has 20 heavy (non-hydrogen) atoms. The lowest BCUT2D eigenvalue weighted by molar-refractivity contribution is -0.132. The first-order chi connectivity index (χ1) is 9.52. The van der Waals surface area contributed by atoms with Gasteiger partial charge in [0.2, 0.25) is 5.91 Å². The maximum atomic E-state index is 12.8. The number of nitrogens with zero attached hydrogens (tertiary/aromatic N) is 1. The van der Waals surface area contributed by atoms with Crippen LogP contribution in [-0.4, -0.2) is 30.4 Å². The van der Waals surface area contributed by atoms with Crippen LogP contribution in [0.15, 0.2) is 24.3 Å². The molecule has 0 aliphatic carbocycles. The fraction of sp³-hybridized carbons (Fsp3) is 0.588. The van der Waals surface area contributed by atoms with Crippen LogP contribution in [0, 0.1) is 5.92 Å². The van der Waals surface area contributed by atoms with Gasteiger partial charge in [0.05, 0.1) is 5.92 Å². The second-order valence-electron chi connectivity index (χ2n) is 6.15. The summed E-state index contributed by atoms with van der Waals surface area (Å²) in [5.41, 5.74) is 2.26. The summed E-state index contributed by atoms with van der Waals surface area (Å²) in [5.74, 6) is 0.806. The number of nitrogens with one attached hydrogen (secondary N) is 1. The minimum atomic E-state index is -0.00324. The Morgan fingerprint density at radius 1 is 1.45 bits per heavy atom. The van der Waals surface area contributed by atoms with E-state index in [-0.39, 0.29) is 11.8 Å². The summed E-state index contributed by atoms with van der Waals surface area (Å²) in [7, 11) is 1.93. The van der Waals surface area contributed by atoms with E-state index in [0.717, 1.165) is 30.6 Å². The van der Waals surface area contributed by atoms with Gasteiger partial charge in [-0.15, -0.1) is 0 Å². The zero-order valence-electron chi connectivity index (χ0n) is 13.0. The molecule has 0 aromatic heterocycles. The summed E-state index contributed by atoms with van der Waals surface area (Å²) in [6.45, 7) is 7.36. The minimum absolute atomic E-state index is 0.00324. The molecule has 3 unspecified atom stereocenters. The minimum Gasteiger partial charge on any atom is -0.382 e. The highest BCUT2D eigenvalue weighted by atomic mass is 16.2. The van der Waals surface area contributed by atoms with Gasteiger partial charge >= 0.3 is 0 Å². The second-order valence-corrected chi connectivity index (χ2v) is 6.15. The molecule has 1 heterocycles.